The highest BCUT2D eigenvalue weighted by Crippen LogP contribution is 2.39. The van der Waals surface area contributed by atoms with E-state index in [2.05, 4.69) is 5.32 Å². The third kappa shape index (κ3) is 7.44. The Balaban J connectivity index is 1.45. The maximum atomic E-state index is 13.2. The molecule has 0 aliphatic heterocycles. The van der Waals surface area contributed by atoms with Gasteiger partial charge in [0.05, 0.1) is 20.8 Å². The summed E-state index contributed by atoms with van der Waals surface area (Å²) in [5.41, 5.74) is 3.63. The van der Waals surface area contributed by atoms with E-state index in [-0.39, 0.29) is 5.78 Å². The van der Waals surface area contributed by atoms with Crippen molar-refractivity contribution in [3.63, 3.8) is 0 Å². The van der Waals surface area contributed by atoms with Crippen LogP contribution in [0, 0.1) is 0 Å². The summed E-state index contributed by atoms with van der Waals surface area (Å²) in [7, 11) is 3.20. The van der Waals surface area contributed by atoms with Gasteiger partial charge < -0.3 is 18.9 Å². The molecular weight excluding hydrogens is 478 g/mol. The van der Waals surface area contributed by atoms with Gasteiger partial charge in [0.15, 0.2) is 17.7 Å². The molecule has 0 aliphatic carbocycles. The molecule has 4 aromatic rings. The van der Waals surface area contributed by atoms with Crippen LogP contribution < -0.4 is 19.5 Å². The predicted molar refractivity (Wildman–Crippen MR) is 148 cm³/mol. The van der Waals surface area contributed by atoms with Gasteiger partial charge in [0.1, 0.15) is 6.61 Å². The Morgan fingerprint density at radius 1 is 0.711 bits per heavy atom. The van der Waals surface area contributed by atoms with Gasteiger partial charge in [0, 0.05) is 12.1 Å². The average Bonchev–Trinajstić information content (AvgIpc) is 2.98. The second kappa shape index (κ2) is 14.0. The number of rotatable bonds is 14. The van der Waals surface area contributed by atoms with Crippen LogP contribution in [-0.4, -0.2) is 32.8 Å². The summed E-state index contributed by atoms with van der Waals surface area (Å²) >= 11 is 0. The Morgan fingerprint density at radius 2 is 1.29 bits per heavy atom. The van der Waals surface area contributed by atoms with Crippen LogP contribution in [0.3, 0.4) is 0 Å². The molecule has 0 aromatic heterocycles. The van der Waals surface area contributed by atoms with Crippen molar-refractivity contribution in [3.8, 4) is 17.2 Å². The summed E-state index contributed by atoms with van der Waals surface area (Å²) in [6.07, 6.45) is -0.165. The minimum Gasteiger partial charge on any atom is -0.493 e. The number of methoxy groups -OCH3 is 2. The highest BCUT2D eigenvalue weighted by Gasteiger charge is 2.21. The van der Waals surface area contributed by atoms with Crippen LogP contribution in [0.1, 0.15) is 27.0 Å². The lowest BCUT2D eigenvalue weighted by atomic mass is 10.1. The Hall–Kier alpha value is -4.13. The molecule has 0 fully saturated rings. The van der Waals surface area contributed by atoms with Crippen molar-refractivity contribution in [3.05, 3.63) is 125 Å². The predicted octanol–water partition coefficient (Wildman–Crippen LogP) is 5.84. The van der Waals surface area contributed by atoms with Gasteiger partial charge in [-0.25, -0.2) is 0 Å². The molecule has 6 nitrogen and oxygen atoms in total. The summed E-state index contributed by atoms with van der Waals surface area (Å²) in [6.45, 7) is 1.24. The summed E-state index contributed by atoms with van der Waals surface area (Å²) in [5.74, 6) is 1.62. The molecule has 6 heteroatoms. The third-order valence-corrected chi connectivity index (χ3v) is 6.04. The second-order valence-corrected chi connectivity index (χ2v) is 8.71. The lowest BCUT2D eigenvalue weighted by Gasteiger charge is -2.20. The molecule has 1 atom stereocenters. The number of ether oxygens (including phenoxy) is 4. The summed E-state index contributed by atoms with van der Waals surface area (Å²) in [4.78, 5) is 13.2. The molecule has 4 rings (SSSR count). The van der Waals surface area contributed by atoms with Gasteiger partial charge in [0.2, 0.25) is 11.5 Å². The van der Waals surface area contributed by atoms with E-state index in [1.54, 1.807) is 26.4 Å². The average molecular weight is 512 g/mol. The molecular formula is C32H33NO5. The molecule has 0 amide bonds. The van der Waals surface area contributed by atoms with Crippen LogP contribution in [0.5, 0.6) is 17.2 Å². The Kier molecular flexibility index (Phi) is 9.90. The van der Waals surface area contributed by atoms with E-state index in [1.807, 2.05) is 91.0 Å². The molecule has 0 heterocycles. The van der Waals surface area contributed by atoms with Gasteiger partial charge >= 0.3 is 0 Å². The zero-order valence-corrected chi connectivity index (χ0v) is 21.8. The number of ketones is 1. The van der Waals surface area contributed by atoms with E-state index in [9.17, 15) is 4.79 Å². The van der Waals surface area contributed by atoms with Crippen molar-refractivity contribution in [2.45, 2.75) is 25.9 Å². The zero-order chi connectivity index (χ0) is 26.6. The van der Waals surface area contributed by atoms with E-state index in [0.717, 1.165) is 16.7 Å². The van der Waals surface area contributed by atoms with Crippen LogP contribution in [0.2, 0.25) is 0 Å². The zero-order valence-electron chi connectivity index (χ0n) is 21.8. The fourth-order valence-corrected chi connectivity index (χ4v) is 4.05. The lowest BCUT2D eigenvalue weighted by molar-refractivity contribution is 0.0198. The van der Waals surface area contributed by atoms with Crippen LogP contribution in [0.25, 0.3) is 0 Å². The van der Waals surface area contributed by atoms with Crippen molar-refractivity contribution in [2.24, 2.45) is 0 Å². The minimum atomic E-state index is -0.786. The molecule has 0 radical (unpaired) electrons. The van der Waals surface area contributed by atoms with Gasteiger partial charge in [0.25, 0.3) is 0 Å². The second-order valence-electron chi connectivity index (χ2n) is 8.71. The van der Waals surface area contributed by atoms with Gasteiger partial charge in [-0.05, 0) is 35.2 Å². The van der Waals surface area contributed by atoms with Crippen LogP contribution in [0.4, 0.5) is 0 Å². The summed E-state index contributed by atoms with van der Waals surface area (Å²) < 4.78 is 23.3. The summed E-state index contributed by atoms with van der Waals surface area (Å²) in [5, 5.41) is 3.30. The van der Waals surface area contributed by atoms with Crippen molar-refractivity contribution < 1.29 is 23.7 Å². The fourth-order valence-electron chi connectivity index (χ4n) is 4.05. The van der Waals surface area contributed by atoms with Gasteiger partial charge in [-0.15, -0.1) is 0 Å². The first-order valence-electron chi connectivity index (χ1n) is 12.6. The Bertz CT molecular complexity index is 1280. The standard InChI is InChI=1S/C32H33NO5/c1-35-28-20-26(21-29(31(28)36-2)37-22-24-12-6-3-7-13-24)18-19-33-32(30(34)27-16-10-5-11-17-27)38-23-25-14-8-4-9-15-25/h3-17,20-21,32-33H,18-19,22-23H2,1-2H3. The highest BCUT2D eigenvalue weighted by molar-refractivity contribution is 5.99. The van der Waals surface area contributed by atoms with E-state index < -0.39 is 6.23 Å². The molecule has 1 unspecified atom stereocenters. The topological polar surface area (TPSA) is 66.0 Å². The largest absolute Gasteiger partial charge is 0.493 e. The molecule has 0 saturated carbocycles. The monoisotopic (exact) mass is 511 g/mol. The highest BCUT2D eigenvalue weighted by atomic mass is 16.5. The third-order valence-electron chi connectivity index (χ3n) is 6.04. The fraction of sp³-hybridized carbons (Fsp3) is 0.219. The first-order chi connectivity index (χ1) is 18.7. The van der Waals surface area contributed by atoms with E-state index in [0.29, 0.717) is 49.0 Å². The molecule has 0 aliphatic rings. The Labute approximate surface area is 224 Å². The molecule has 4 aromatic carbocycles. The molecule has 1 N–H and O–H groups in total. The van der Waals surface area contributed by atoms with Gasteiger partial charge in [-0.1, -0.05) is 91.0 Å². The van der Waals surface area contributed by atoms with E-state index >= 15 is 0 Å². The smallest absolute Gasteiger partial charge is 0.206 e. The first kappa shape index (κ1) is 26.9. The summed E-state index contributed by atoms with van der Waals surface area (Å²) in [6, 6.07) is 32.8. The SMILES string of the molecule is COc1cc(CCNC(OCc2ccccc2)C(=O)c2ccccc2)cc(OCc2ccccc2)c1OC. The molecule has 0 saturated heterocycles. The van der Waals surface area contributed by atoms with Crippen LogP contribution >= 0.6 is 0 Å². The number of hydrogen-bond donors (Lipinski definition) is 1. The van der Waals surface area contributed by atoms with Crippen LogP contribution in [-0.2, 0) is 24.4 Å². The van der Waals surface area contributed by atoms with Crippen molar-refractivity contribution in [1.29, 1.82) is 0 Å². The number of Topliss-reactive ketones (excluding diaryl/α,β-unsaturated/α-hetero) is 1. The van der Waals surface area contributed by atoms with Gasteiger partial charge in [-0.3, -0.25) is 10.1 Å². The normalized spacial score (nSPS) is 11.5. The minimum absolute atomic E-state index is 0.110. The van der Waals surface area contributed by atoms with Crippen molar-refractivity contribution in [1.82, 2.24) is 5.32 Å². The Morgan fingerprint density at radius 3 is 1.89 bits per heavy atom. The van der Waals surface area contributed by atoms with E-state index in [4.69, 9.17) is 18.9 Å². The maximum Gasteiger partial charge on any atom is 0.206 e. The molecule has 0 spiro atoms. The van der Waals surface area contributed by atoms with Crippen molar-refractivity contribution >= 4 is 5.78 Å². The first-order valence-corrected chi connectivity index (χ1v) is 12.6. The molecule has 38 heavy (non-hydrogen) atoms. The maximum absolute atomic E-state index is 13.2. The lowest BCUT2D eigenvalue weighted by Crippen LogP contribution is -2.40. The quantitative estimate of drug-likeness (QED) is 0.169. The van der Waals surface area contributed by atoms with Crippen molar-refractivity contribution in [2.75, 3.05) is 20.8 Å². The number of hydrogen-bond acceptors (Lipinski definition) is 6. The number of nitrogens with one attached hydrogen (secondary N) is 1. The van der Waals surface area contributed by atoms with Gasteiger partial charge in [-0.2, -0.15) is 0 Å². The molecule has 196 valence electrons. The van der Waals surface area contributed by atoms with E-state index in [1.165, 1.54) is 0 Å². The van der Waals surface area contributed by atoms with Crippen LogP contribution in [0.15, 0.2) is 103 Å². The number of carbonyl (C=O) groups excluding carboxylic acids is 1. The number of carbonyl (C=O) groups is 1. The molecule has 0 bridgehead atoms. The number of benzene rings is 4.